The molecular formula is C14H27N3O. The van der Waals surface area contributed by atoms with E-state index in [1.807, 2.05) is 0 Å². The quantitative estimate of drug-likeness (QED) is 0.802. The molecule has 0 amide bonds. The third-order valence-electron chi connectivity index (χ3n) is 5.39. The molecule has 4 heteroatoms. The molecule has 3 saturated heterocycles. The minimum atomic E-state index is 0.244. The maximum Gasteiger partial charge on any atom is 0.0700 e. The van der Waals surface area contributed by atoms with Crippen molar-refractivity contribution in [2.24, 2.45) is 5.73 Å². The highest BCUT2D eigenvalue weighted by atomic mass is 16.5. The second-order valence-electron chi connectivity index (χ2n) is 6.10. The summed E-state index contributed by atoms with van der Waals surface area (Å²) in [5.41, 5.74) is 6.48. The Bertz CT molecular complexity index is 299. The van der Waals surface area contributed by atoms with E-state index in [4.69, 9.17) is 10.5 Å². The van der Waals surface area contributed by atoms with Crippen molar-refractivity contribution in [2.45, 2.75) is 50.3 Å². The molecule has 3 atom stereocenters. The van der Waals surface area contributed by atoms with Gasteiger partial charge in [-0.15, -0.1) is 0 Å². The van der Waals surface area contributed by atoms with Gasteiger partial charge in [-0.25, -0.2) is 0 Å². The van der Waals surface area contributed by atoms with Gasteiger partial charge in [0.05, 0.1) is 18.2 Å². The summed E-state index contributed by atoms with van der Waals surface area (Å²) in [6, 6.07) is 0.707. The summed E-state index contributed by atoms with van der Waals surface area (Å²) in [5.74, 6) is 0. The van der Waals surface area contributed by atoms with Crippen molar-refractivity contribution in [3.8, 4) is 0 Å². The molecule has 3 rings (SSSR count). The Balaban J connectivity index is 1.78. The Labute approximate surface area is 110 Å². The molecule has 3 unspecified atom stereocenters. The second kappa shape index (κ2) is 5.08. The van der Waals surface area contributed by atoms with E-state index in [1.165, 1.54) is 32.4 Å². The summed E-state index contributed by atoms with van der Waals surface area (Å²) in [6.45, 7) is 8.59. The number of ether oxygens (including phenoxy) is 1. The normalized spacial score (nSPS) is 42.3. The Morgan fingerprint density at radius 3 is 3.00 bits per heavy atom. The first-order chi connectivity index (χ1) is 8.80. The van der Waals surface area contributed by atoms with E-state index in [0.29, 0.717) is 12.1 Å². The minimum absolute atomic E-state index is 0.244. The SMILES string of the molecule is CCC1CN(C2(CN)CCN3CCCC32)CCO1. The monoisotopic (exact) mass is 253 g/mol. The number of hydrogen-bond donors (Lipinski definition) is 1. The van der Waals surface area contributed by atoms with Crippen LogP contribution in [0.15, 0.2) is 0 Å². The molecule has 0 aliphatic carbocycles. The summed E-state index contributed by atoms with van der Waals surface area (Å²) in [4.78, 5) is 5.34. The van der Waals surface area contributed by atoms with E-state index in [-0.39, 0.29) is 5.54 Å². The molecule has 2 N–H and O–H groups in total. The van der Waals surface area contributed by atoms with Crippen LogP contribution in [-0.2, 0) is 4.74 Å². The smallest absolute Gasteiger partial charge is 0.0700 e. The first kappa shape index (κ1) is 12.9. The van der Waals surface area contributed by atoms with Crippen molar-refractivity contribution in [1.29, 1.82) is 0 Å². The van der Waals surface area contributed by atoms with Gasteiger partial charge in [-0.3, -0.25) is 9.80 Å². The predicted octanol–water partition coefficient (Wildman–Crippen LogP) is 0.663. The lowest BCUT2D eigenvalue weighted by Gasteiger charge is -2.48. The van der Waals surface area contributed by atoms with Crippen LogP contribution in [0.1, 0.15) is 32.6 Å². The lowest BCUT2D eigenvalue weighted by Crippen LogP contribution is -2.63. The van der Waals surface area contributed by atoms with Crippen LogP contribution >= 0.6 is 0 Å². The third kappa shape index (κ3) is 1.90. The summed E-state index contributed by atoms with van der Waals surface area (Å²) >= 11 is 0. The second-order valence-corrected chi connectivity index (χ2v) is 6.10. The number of hydrogen-bond acceptors (Lipinski definition) is 4. The van der Waals surface area contributed by atoms with E-state index in [9.17, 15) is 0 Å². The molecule has 3 aliphatic heterocycles. The first-order valence-electron chi connectivity index (χ1n) is 7.61. The molecule has 0 radical (unpaired) electrons. The average Bonchev–Trinajstić information content (AvgIpc) is 3.01. The van der Waals surface area contributed by atoms with Gasteiger partial charge in [-0.2, -0.15) is 0 Å². The molecule has 0 saturated carbocycles. The molecule has 0 spiro atoms. The number of rotatable bonds is 3. The molecule has 0 aromatic carbocycles. The van der Waals surface area contributed by atoms with Crippen LogP contribution < -0.4 is 5.73 Å². The van der Waals surface area contributed by atoms with E-state index < -0.39 is 0 Å². The molecule has 3 fully saturated rings. The molecule has 0 aromatic heterocycles. The zero-order chi connectivity index (χ0) is 12.6. The van der Waals surface area contributed by atoms with E-state index in [0.717, 1.165) is 32.7 Å². The van der Waals surface area contributed by atoms with Crippen molar-refractivity contribution in [3.63, 3.8) is 0 Å². The minimum Gasteiger partial charge on any atom is -0.376 e. The number of nitrogens with two attached hydrogens (primary N) is 1. The van der Waals surface area contributed by atoms with Crippen molar-refractivity contribution in [1.82, 2.24) is 9.80 Å². The molecule has 104 valence electrons. The summed E-state index contributed by atoms with van der Waals surface area (Å²) < 4.78 is 5.82. The van der Waals surface area contributed by atoms with E-state index >= 15 is 0 Å². The lowest BCUT2D eigenvalue weighted by molar-refractivity contribution is -0.0750. The van der Waals surface area contributed by atoms with Gasteiger partial charge in [0.15, 0.2) is 0 Å². The van der Waals surface area contributed by atoms with Gasteiger partial charge in [0, 0.05) is 32.2 Å². The summed E-state index contributed by atoms with van der Waals surface area (Å²) in [6.07, 6.45) is 5.48. The fourth-order valence-electron chi connectivity index (χ4n) is 4.31. The standard InChI is InChI=1S/C14H27N3O/c1-2-12-10-17(8-9-18-12)14(11-15)5-7-16-6-3-4-13(14)16/h12-13H,2-11,15H2,1H3. The average molecular weight is 253 g/mol. The zero-order valence-electron chi connectivity index (χ0n) is 11.6. The van der Waals surface area contributed by atoms with Crippen molar-refractivity contribution in [3.05, 3.63) is 0 Å². The maximum atomic E-state index is 6.23. The van der Waals surface area contributed by atoms with Crippen LogP contribution in [0.5, 0.6) is 0 Å². The van der Waals surface area contributed by atoms with Gasteiger partial charge >= 0.3 is 0 Å². The van der Waals surface area contributed by atoms with Crippen LogP contribution in [0, 0.1) is 0 Å². The number of fused-ring (bicyclic) bond motifs is 1. The summed E-state index contributed by atoms with van der Waals surface area (Å²) in [5, 5.41) is 0. The van der Waals surface area contributed by atoms with Crippen LogP contribution in [-0.4, -0.2) is 66.8 Å². The number of morpholine rings is 1. The van der Waals surface area contributed by atoms with E-state index in [1.54, 1.807) is 0 Å². The van der Waals surface area contributed by atoms with Crippen LogP contribution in [0.2, 0.25) is 0 Å². The fraction of sp³-hybridized carbons (Fsp3) is 1.00. The topological polar surface area (TPSA) is 41.7 Å². The van der Waals surface area contributed by atoms with Gasteiger partial charge in [0.2, 0.25) is 0 Å². The highest BCUT2D eigenvalue weighted by molar-refractivity contribution is 5.10. The highest BCUT2D eigenvalue weighted by Crippen LogP contribution is 2.40. The van der Waals surface area contributed by atoms with E-state index in [2.05, 4.69) is 16.7 Å². The predicted molar refractivity (Wildman–Crippen MR) is 72.6 cm³/mol. The molecule has 4 nitrogen and oxygen atoms in total. The van der Waals surface area contributed by atoms with Gasteiger partial charge in [0.1, 0.15) is 0 Å². The largest absolute Gasteiger partial charge is 0.376 e. The van der Waals surface area contributed by atoms with Crippen molar-refractivity contribution in [2.75, 3.05) is 39.3 Å². The number of nitrogens with zero attached hydrogens (tertiary/aromatic N) is 2. The Hall–Kier alpha value is -0.160. The zero-order valence-corrected chi connectivity index (χ0v) is 11.6. The summed E-state index contributed by atoms with van der Waals surface area (Å²) in [7, 11) is 0. The molecule has 0 aromatic rings. The van der Waals surface area contributed by atoms with Crippen LogP contribution in [0.25, 0.3) is 0 Å². The van der Waals surface area contributed by atoms with Crippen molar-refractivity contribution < 1.29 is 4.74 Å². The molecule has 18 heavy (non-hydrogen) atoms. The van der Waals surface area contributed by atoms with Gasteiger partial charge in [0.25, 0.3) is 0 Å². The third-order valence-corrected chi connectivity index (χ3v) is 5.39. The lowest BCUT2D eigenvalue weighted by atomic mass is 9.86. The van der Waals surface area contributed by atoms with Gasteiger partial charge < -0.3 is 10.5 Å². The molecule has 3 heterocycles. The Morgan fingerprint density at radius 2 is 2.22 bits per heavy atom. The Kier molecular flexibility index (Phi) is 3.63. The van der Waals surface area contributed by atoms with Crippen LogP contribution in [0.3, 0.4) is 0 Å². The van der Waals surface area contributed by atoms with Crippen LogP contribution in [0.4, 0.5) is 0 Å². The van der Waals surface area contributed by atoms with Crippen molar-refractivity contribution >= 4 is 0 Å². The van der Waals surface area contributed by atoms with Gasteiger partial charge in [-0.1, -0.05) is 6.92 Å². The molecule has 3 aliphatic rings. The molecule has 0 bridgehead atoms. The fourth-order valence-corrected chi connectivity index (χ4v) is 4.31. The highest BCUT2D eigenvalue weighted by Gasteiger charge is 2.52. The first-order valence-corrected chi connectivity index (χ1v) is 7.61. The Morgan fingerprint density at radius 1 is 1.33 bits per heavy atom. The molecular weight excluding hydrogens is 226 g/mol. The maximum absolute atomic E-state index is 6.23. The van der Waals surface area contributed by atoms with Gasteiger partial charge in [-0.05, 0) is 32.2 Å².